The highest BCUT2D eigenvalue weighted by molar-refractivity contribution is 6.04. The standard InChI is InChI=1S/C18H17F3N2O2/c1-12(13-7-3-2-4-8-13)22-16(24)11-17(25)23-15-10-6-5-9-14(15)18(19,20)21/h2-10,12H,11H2,1H3,(H,22,24)(H,23,25). The third kappa shape index (κ3) is 5.34. The van der Waals surface area contributed by atoms with E-state index in [0.29, 0.717) is 0 Å². The number of rotatable bonds is 5. The monoisotopic (exact) mass is 350 g/mol. The van der Waals surface area contributed by atoms with Crippen LogP contribution in [0.3, 0.4) is 0 Å². The number of amides is 2. The van der Waals surface area contributed by atoms with Gasteiger partial charge in [-0.2, -0.15) is 13.2 Å². The summed E-state index contributed by atoms with van der Waals surface area (Å²) in [6, 6.07) is 13.4. The normalized spacial score (nSPS) is 12.3. The van der Waals surface area contributed by atoms with Gasteiger partial charge in [0.05, 0.1) is 17.3 Å². The molecule has 0 aliphatic rings. The highest BCUT2D eigenvalue weighted by Crippen LogP contribution is 2.34. The fraction of sp³-hybridized carbons (Fsp3) is 0.222. The average Bonchev–Trinajstić information content (AvgIpc) is 2.54. The lowest BCUT2D eigenvalue weighted by Crippen LogP contribution is -2.30. The van der Waals surface area contributed by atoms with Crippen LogP contribution in [0.4, 0.5) is 18.9 Å². The molecule has 1 atom stereocenters. The van der Waals surface area contributed by atoms with Crippen LogP contribution in [-0.4, -0.2) is 11.8 Å². The maximum atomic E-state index is 12.9. The maximum Gasteiger partial charge on any atom is 0.418 e. The van der Waals surface area contributed by atoms with Crippen LogP contribution < -0.4 is 10.6 Å². The molecule has 0 heterocycles. The molecule has 2 aromatic rings. The minimum absolute atomic E-state index is 0.316. The molecule has 0 aliphatic heterocycles. The van der Waals surface area contributed by atoms with Crippen molar-refractivity contribution in [3.05, 3.63) is 65.7 Å². The highest BCUT2D eigenvalue weighted by atomic mass is 19.4. The molecule has 0 radical (unpaired) electrons. The van der Waals surface area contributed by atoms with Gasteiger partial charge in [0.2, 0.25) is 11.8 Å². The van der Waals surface area contributed by atoms with Gasteiger partial charge < -0.3 is 10.6 Å². The molecular weight excluding hydrogens is 333 g/mol. The summed E-state index contributed by atoms with van der Waals surface area (Å²) in [4.78, 5) is 23.8. The Balaban J connectivity index is 1.96. The highest BCUT2D eigenvalue weighted by Gasteiger charge is 2.33. The molecule has 7 heteroatoms. The van der Waals surface area contributed by atoms with Gasteiger partial charge in [0.25, 0.3) is 0 Å². The van der Waals surface area contributed by atoms with Crippen molar-refractivity contribution in [2.75, 3.05) is 5.32 Å². The van der Waals surface area contributed by atoms with Gasteiger partial charge in [-0.1, -0.05) is 42.5 Å². The van der Waals surface area contributed by atoms with Gasteiger partial charge in [-0.3, -0.25) is 9.59 Å². The molecule has 0 fully saturated rings. The van der Waals surface area contributed by atoms with Gasteiger partial charge in [0.15, 0.2) is 0 Å². The second-order valence-corrected chi connectivity index (χ2v) is 5.47. The first-order valence-electron chi connectivity index (χ1n) is 7.58. The second kappa shape index (κ2) is 7.83. The molecule has 0 aromatic heterocycles. The summed E-state index contributed by atoms with van der Waals surface area (Å²) in [6.45, 7) is 1.75. The summed E-state index contributed by atoms with van der Waals surface area (Å²) < 4.78 is 38.7. The Morgan fingerprint density at radius 3 is 2.20 bits per heavy atom. The predicted octanol–water partition coefficient (Wildman–Crippen LogP) is 3.91. The lowest BCUT2D eigenvalue weighted by Gasteiger charge is -2.15. The van der Waals surface area contributed by atoms with E-state index in [1.54, 1.807) is 6.92 Å². The van der Waals surface area contributed by atoms with Crippen LogP contribution in [0.5, 0.6) is 0 Å². The number of alkyl halides is 3. The number of nitrogens with one attached hydrogen (secondary N) is 2. The number of carbonyl (C=O) groups is 2. The fourth-order valence-corrected chi connectivity index (χ4v) is 2.30. The predicted molar refractivity (Wildman–Crippen MR) is 87.7 cm³/mol. The van der Waals surface area contributed by atoms with Crippen LogP contribution in [0, 0.1) is 0 Å². The molecule has 2 N–H and O–H groups in total. The molecule has 0 aliphatic carbocycles. The fourth-order valence-electron chi connectivity index (χ4n) is 2.30. The van der Waals surface area contributed by atoms with Crippen molar-refractivity contribution in [1.29, 1.82) is 0 Å². The van der Waals surface area contributed by atoms with Crippen molar-refractivity contribution in [2.45, 2.75) is 25.6 Å². The van der Waals surface area contributed by atoms with Gasteiger partial charge in [-0.15, -0.1) is 0 Å². The van der Waals surface area contributed by atoms with Crippen LogP contribution in [-0.2, 0) is 15.8 Å². The van der Waals surface area contributed by atoms with Gasteiger partial charge in [-0.25, -0.2) is 0 Å². The van der Waals surface area contributed by atoms with E-state index >= 15 is 0 Å². The van der Waals surface area contributed by atoms with Gasteiger partial charge in [-0.05, 0) is 24.6 Å². The molecule has 0 bridgehead atoms. The van der Waals surface area contributed by atoms with E-state index < -0.39 is 30.0 Å². The van der Waals surface area contributed by atoms with Gasteiger partial charge >= 0.3 is 6.18 Å². The van der Waals surface area contributed by atoms with E-state index in [0.717, 1.165) is 17.7 Å². The maximum absolute atomic E-state index is 12.9. The molecule has 2 aromatic carbocycles. The first kappa shape index (κ1) is 18.5. The summed E-state index contributed by atoms with van der Waals surface area (Å²) in [6.07, 6.45) is -5.16. The van der Waals surface area contributed by atoms with Crippen molar-refractivity contribution in [3.63, 3.8) is 0 Å². The first-order valence-corrected chi connectivity index (χ1v) is 7.58. The SMILES string of the molecule is CC(NC(=O)CC(=O)Nc1ccccc1C(F)(F)F)c1ccccc1. The number of hydrogen-bond donors (Lipinski definition) is 2. The van der Waals surface area contributed by atoms with E-state index in [4.69, 9.17) is 0 Å². The minimum atomic E-state index is -4.59. The van der Waals surface area contributed by atoms with E-state index in [2.05, 4.69) is 10.6 Å². The van der Waals surface area contributed by atoms with Crippen LogP contribution in [0.15, 0.2) is 54.6 Å². The Bertz CT molecular complexity index is 745. The third-order valence-electron chi connectivity index (χ3n) is 3.50. The molecule has 0 saturated carbocycles. The molecule has 25 heavy (non-hydrogen) atoms. The lowest BCUT2D eigenvalue weighted by molar-refractivity contribution is -0.137. The zero-order chi connectivity index (χ0) is 18.4. The molecule has 4 nitrogen and oxygen atoms in total. The van der Waals surface area contributed by atoms with Gasteiger partial charge in [0, 0.05) is 0 Å². The van der Waals surface area contributed by atoms with Crippen molar-refractivity contribution in [3.8, 4) is 0 Å². The smallest absolute Gasteiger partial charge is 0.349 e. The number of para-hydroxylation sites is 1. The van der Waals surface area contributed by atoms with E-state index in [9.17, 15) is 22.8 Å². The Labute approximate surface area is 143 Å². The summed E-state index contributed by atoms with van der Waals surface area (Å²) >= 11 is 0. The largest absolute Gasteiger partial charge is 0.418 e. The molecule has 2 amide bonds. The van der Waals surface area contributed by atoms with Gasteiger partial charge in [0.1, 0.15) is 6.42 Å². The summed E-state index contributed by atoms with van der Waals surface area (Å²) in [5.74, 6) is -1.38. The third-order valence-corrected chi connectivity index (χ3v) is 3.50. The Morgan fingerprint density at radius 1 is 0.960 bits per heavy atom. The Morgan fingerprint density at radius 2 is 1.56 bits per heavy atom. The summed E-state index contributed by atoms with van der Waals surface area (Å²) in [5.41, 5.74) is -0.469. The molecule has 2 rings (SSSR count). The molecule has 0 saturated heterocycles. The number of carbonyl (C=O) groups excluding carboxylic acids is 2. The summed E-state index contributed by atoms with van der Waals surface area (Å²) in [5, 5.41) is 4.78. The van der Waals surface area contributed by atoms with E-state index in [1.807, 2.05) is 30.3 Å². The van der Waals surface area contributed by atoms with Crippen LogP contribution in [0.2, 0.25) is 0 Å². The first-order chi connectivity index (χ1) is 11.8. The second-order valence-electron chi connectivity index (χ2n) is 5.47. The minimum Gasteiger partial charge on any atom is -0.349 e. The van der Waals surface area contributed by atoms with Crippen molar-refractivity contribution >= 4 is 17.5 Å². The number of benzene rings is 2. The Hall–Kier alpha value is -2.83. The zero-order valence-electron chi connectivity index (χ0n) is 13.4. The molecule has 1 unspecified atom stereocenters. The summed E-state index contributed by atoms with van der Waals surface area (Å²) in [7, 11) is 0. The van der Waals surface area contributed by atoms with E-state index in [1.165, 1.54) is 12.1 Å². The number of anilines is 1. The topological polar surface area (TPSA) is 58.2 Å². The number of hydrogen-bond acceptors (Lipinski definition) is 2. The molecule has 132 valence electrons. The van der Waals surface area contributed by atoms with Crippen molar-refractivity contribution in [2.24, 2.45) is 0 Å². The van der Waals surface area contributed by atoms with E-state index in [-0.39, 0.29) is 11.7 Å². The zero-order valence-corrected chi connectivity index (χ0v) is 13.4. The molecule has 0 spiro atoms. The average molecular weight is 350 g/mol. The quantitative estimate of drug-likeness (QED) is 0.803. The van der Waals surface area contributed by atoms with Crippen molar-refractivity contribution < 1.29 is 22.8 Å². The van der Waals surface area contributed by atoms with Crippen LogP contribution in [0.1, 0.15) is 30.5 Å². The number of halogens is 3. The Kier molecular flexibility index (Phi) is 5.80. The lowest BCUT2D eigenvalue weighted by atomic mass is 10.1. The molecular formula is C18H17F3N2O2. The van der Waals surface area contributed by atoms with Crippen LogP contribution in [0.25, 0.3) is 0 Å². The van der Waals surface area contributed by atoms with Crippen molar-refractivity contribution in [1.82, 2.24) is 5.32 Å². The van der Waals surface area contributed by atoms with Crippen LogP contribution >= 0.6 is 0 Å².